The maximum Gasteiger partial charge on any atom is 0.310 e. The molecule has 0 aliphatic carbocycles. The third-order valence-corrected chi connectivity index (χ3v) is 1.06. The molecule has 0 fully saturated rings. The van der Waals surface area contributed by atoms with Crippen LogP contribution in [0.5, 0.6) is 0 Å². The first kappa shape index (κ1) is 9.43. The molecule has 0 aromatic heterocycles. The quantitative estimate of drug-likeness (QED) is 0.551. The standard InChI is InChI=1S/C7H14NO2/c1-5(2)10-7(9)6(3)4-8/h5-6,8H,4H2,1-3H3. The Labute approximate surface area is 61.5 Å². The lowest BCUT2D eigenvalue weighted by Gasteiger charge is -2.10. The van der Waals surface area contributed by atoms with Gasteiger partial charge in [-0.05, 0) is 13.8 Å². The van der Waals surface area contributed by atoms with Gasteiger partial charge in [-0.2, -0.15) is 0 Å². The van der Waals surface area contributed by atoms with E-state index in [1.807, 2.05) is 0 Å². The zero-order valence-electron chi connectivity index (χ0n) is 6.68. The van der Waals surface area contributed by atoms with E-state index >= 15 is 0 Å². The average Bonchev–Trinajstić information content (AvgIpc) is 1.85. The number of hydrogen-bond donors (Lipinski definition) is 0. The predicted octanol–water partition coefficient (Wildman–Crippen LogP) is 0.857. The second-order valence-electron chi connectivity index (χ2n) is 2.59. The first-order chi connectivity index (χ1) is 4.57. The van der Waals surface area contributed by atoms with Crippen molar-refractivity contribution >= 4 is 5.97 Å². The van der Waals surface area contributed by atoms with Gasteiger partial charge in [0.15, 0.2) is 0 Å². The summed E-state index contributed by atoms with van der Waals surface area (Å²) in [6.07, 6.45) is -0.0681. The summed E-state index contributed by atoms with van der Waals surface area (Å²) in [4.78, 5) is 10.8. The van der Waals surface area contributed by atoms with Gasteiger partial charge in [-0.1, -0.05) is 6.92 Å². The molecule has 1 unspecified atom stereocenters. The number of rotatable bonds is 3. The average molecular weight is 144 g/mol. The van der Waals surface area contributed by atoms with E-state index in [0.29, 0.717) is 0 Å². The Morgan fingerprint density at radius 3 is 2.30 bits per heavy atom. The molecule has 10 heavy (non-hydrogen) atoms. The van der Waals surface area contributed by atoms with Gasteiger partial charge in [-0.3, -0.25) is 10.5 Å². The Balaban J connectivity index is 3.62. The van der Waals surface area contributed by atoms with E-state index in [9.17, 15) is 4.79 Å². The third-order valence-electron chi connectivity index (χ3n) is 1.06. The SMILES string of the molecule is CC(C)OC(=O)C(C)C[NH]. The first-order valence-electron chi connectivity index (χ1n) is 3.43. The topological polar surface area (TPSA) is 50.1 Å². The van der Waals surface area contributed by atoms with Gasteiger partial charge >= 0.3 is 5.97 Å². The lowest BCUT2D eigenvalue weighted by Crippen LogP contribution is -2.21. The molecule has 0 spiro atoms. The van der Waals surface area contributed by atoms with Crippen molar-refractivity contribution in [1.82, 2.24) is 5.73 Å². The second-order valence-corrected chi connectivity index (χ2v) is 2.59. The molecule has 0 aliphatic heterocycles. The lowest BCUT2D eigenvalue weighted by atomic mass is 10.2. The van der Waals surface area contributed by atoms with Crippen LogP contribution < -0.4 is 5.73 Å². The highest BCUT2D eigenvalue weighted by Gasteiger charge is 2.13. The van der Waals surface area contributed by atoms with Gasteiger partial charge in [0.05, 0.1) is 12.0 Å². The smallest absolute Gasteiger partial charge is 0.310 e. The zero-order chi connectivity index (χ0) is 8.15. The van der Waals surface area contributed by atoms with E-state index in [2.05, 4.69) is 0 Å². The molecule has 1 radical (unpaired) electrons. The molecule has 0 amide bonds. The molecule has 0 saturated heterocycles. The fourth-order valence-electron chi connectivity index (χ4n) is 0.432. The number of hydrogen-bond acceptors (Lipinski definition) is 2. The minimum Gasteiger partial charge on any atom is -0.463 e. The Hall–Kier alpha value is -0.570. The van der Waals surface area contributed by atoms with Crippen molar-refractivity contribution in [3.05, 3.63) is 0 Å². The van der Waals surface area contributed by atoms with Crippen LogP contribution in [0.3, 0.4) is 0 Å². The van der Waals surface area contributed by atoms with Crippen LogP contribution in [0, 0.1) is 5.92 Å². The summed E-state index contributed by atoms with van der Waals surface area (Å²) >= 11 is 0. The molecule has 3 nitrogen and oxygen atoms in total. The number of carbonyl (C=O) groups excluding carboxylic acids is 1. The van der Waals surface area contributed by atoms with Crippen molar-refractivity contribution in [2.75, 3.05) is 6.54 Å². The highest BCUT2D eigenvalue weighted by molar-refractivity contribution is 5.72. The molecular formula is C7H14NO2. The van der Waals surface area contributed by atoms with Crippen molar-refractivity contribution in [3.63, 3.8) is 0 Å². The van der Waals surface area contributed by atoms with Crippen molar-refractivity contribution in [2.24, 2.45) is 5.92 Å². The molecule has 0 aromatic rings. The van der Waals surface area contributed by atoms with E-state index in [4.69, 9.17) is 10.5 Å². The monoisotopic (exact) mass is 144 g/mol. The summed E-state index contributed by atoms with van der Waals surface area (Å²) in [5, 5.41) is 0. The van der Waals surface area contributed by atoms with Crippen LogP contribution in [0.15, 0.2) is 0 Å². The van der Waals surface area contributed by atoms with Gasteiger partial charge in [0.2, 0.25) is 0 Å². The zero-order valence-corrected chi connectivity index (χ0v) is 6.68. The molecule has 0 aromatic carbocycles. The number of nitrogens with one attached hydrogen (secondary N) is 1. The highest BCUT2D eigenvalue weighted by atomic mass is 16.5. The van der Waals surface area contributed by atoms with Gasteiger partial charge < -0.3 is 4.74 Å². The molecule has 0 heterocycles. The van der Waals surface area contributed by atoms with Crippen LogP contribution in [0.4, 0.5) is 0 Å². The molecule has 1 atom stereocenters. The van der Waals surface area contributed by atoms with Gasteiger partial charge in [0.25, 0.3) is 0 Å². The second kappa shape index (κ2) is 4.28. The van der Waals surface area contributed by atoms with E-state index in [1.54, 1.807) is 20.8 Å². The Bertz CT molecular complexity index is 112. The lowest BCUT2D eigenvalue weighted by molar-refractivity contribution is -0.151. The summed E-state index contributed by atoms with van der Waals surface area (Å²) in [7, 11) is 0. The fraction of sp³-hybridized carbons (Fsp3) is 0.857. The number of carbonyl (C=O) groups is 1. The third kappa shape index (κ3) is 3.45. The van der Waals surface area contributed by atoms with Gasteiger partial charge in [0.1, 0.15) is 0 Å². The highest BCUT2D eigenvalue weighted by Crippen LogP contribution is 1.99. The minimum absolute atomic E-state index is 0.0681. The van der Waals surface area contributed by atoms with Gasteiger partial charge in [0, 0.05) is 6.54 Å². The van der Waals surface area contributed by atoms with Crippen LogP contribution in [-0.4, -0.2) is 18.6 Å². The molecule has 59 valence electrons. The number of esters is 1. The first-order valence-corrected chi connectivity index (χ1v) is 3.43. The van der Waals surface area contributed by atoms with Crippen molar-refractivity contribution in [2.45, 2.75) is 26.9 Å². The summed E-state index contributed by atoms with van der Waals surface area (Å²) in [6, 6.07) is 0. The summed E-state index contributed by atoms with van der Waals surface area (Å²) in [5.41, 5.74) is 6.88. The van der Waals surface area contributed by atoms with E-state index in [-0.39, 0.29) is 24.5 Å². The summed E-state index contributed by atoms with van der Waals surface area (Å²) < 4.78 is 4.84. The molecule has 0 bridgehead atoms. The van der Waals surface area contributed by atoms with Crippen molar-refractivity contribution in [1.29, 1.82) is 0 Å². The largest absolute Gasteiger partial charge is 0.463 e. The normalized spacial score (nSPS) is 13.3. The maximum absolute atomic E-state index is 10.8. The molecule has 0 rings (SSSR count). The minimum atomic E-state index is -0.289. The Kier molecular flexibility index (Phi) is 4.03. The van der Waals surface area contributed by atoms with E-state index in [0.717, 1.165) is 0 Å². The summed E-state index contributed by atoms with van der Waals surface area (Å²) in [6.45, 7) is 5.40. The van der Waals surface area contributed by atoms with Crippen LogP contribution in [0.2, 0.25) is 0 Å². The van der Waals surface area contributed by atoms with Crippen molar-refractivity contribution < 1.29 is 9.53 Å². The van der Waals surface area contributed by atoms with Gasteiger partial charge in [-0.15, -0.1) is 0 Å². The maximum atomic E-state index is 10.8. The molecular weight excluding hydrogens is 130 g/mol. The van der Waals surface area contributed by atoms with Crippen LogP contribution in [-0.2, 0) is 9.53 Å². The number of ether oxygens (including phenoxy) is 1. The van der Waals surface area contributed by atoms with E-state index in [1.165, 1.54) is 0 Å². The fourth-order valence-corrected chi connectivity index (χ4v) is 0.432. The Morgan fingerprint density at radius 1 is 1.50 bits per heavy atom. The summed E-state index contributed by atoms with van der Waals surface area (Å²) in [5.74, 6) is -0.563. The van der Waals surface area contributed by atoms with Crippen molar-refractivity contribution in [3.8, 4) is 0 Å². The molecule has 1 N–H and O–H groups in total. The predicted molar refractivity (Wildman–Crippen MR) is 38.4 cm³/mol. The van der Waals surface area contributed by atoms with Crippen LogP contribution >= 0.6 is 0 Å². The Morgan fingerprint density at radius 2 is 2.00 bits per heavy atom. The van der Waals surface area contributed by atoms with E-state index < -0.39 is 0 Å². The molecule has 0 saturated carbocycles. The van der Waals surface area contributed by atoms with Crippen LogP contribution in [0.1, 0.15) is 20.8 Å². The van der Waals surface area contributed by atoms with Crippen LogP contribution in [0.25, 0.3) is 0 Å². The molecule has 0 aliphatic rings. The van der Waals surface area contributed by atoms with Gasteiger partial charge in [-0.25, -0.2) is 0 Å². The molecule has 3 heteroatoms.